The molecule has 30 heteroatoms. The molecule has 6 aromatic heterocycles. The van der Waals surface area contributed by atoms with Gasteiger partial charge in [-0.3, -0.25) is 45.3 Å². The molecule has 310 valence electrons. The molecule has 0 aliphatic rings. The number of hydrogen-bond acceptors (Lipinski definition) is 19. The van der Waals surface area contributed by atoms with E-state index in [0.717, 1.165) is 24.3 Å². The van der Waals surface area contributed by atoms with Gasteiger partial charge in [0.05, 0.1) is 66.3 Å². The third-order valence-corrected chi connectivity index (χ3v) is 8.51. The average molecular weight is 968 g/mol. The number of halogens is 2. The molecule has 59 heavy (non-hydrogen) atoms. The van der Waals surface area contributed by atoms with Gasteiger partial charge in [-0.15, -0.1) is 10.2 Å². The molecule has 6 rings (SSSR count). The molecule has 0 radical (unpaired) electrons. The van der Waals surface area contributed by atoms with E-state index in [1.807, 2.05) is 7.05 Å². The average Bonchev–Trinajstić information content (AvgIpc) is 3.85. The first kappa shape index (κ1) is 50.6. The first-order valence-corrected chi connectivity index (χ1v) is 16.6. The molecule has 0 aromatic carbocycles. The Balaban J connectivity index is 0.000000375. The number of nitro groups is 3. The zero-order chi connectivity index (χ0) is 43.9. The van der Waals surface area contributed by atoms with Crippen LogP contribution in [0.5, 0.6) is 11.8 Å². The third-order valence-electron chi connectivity index (χ3n) is 6.56. The van der Waals surface area contributed by atoms with Gasteiger partial charge in [0, 0.05) is 26.2 Å². The summed E-state index contributed by atoms with van der Waals surface area (Å²) in [6.07, 6.45) is 4.18. The van der Waals surface area contributed by atoms with Crippen molar-refractivity contribution in [3.05, 3.63) is 98.8 Å². The molecule has 0 bridgehead atoms. The summed E-state index contributed by atoms with van der Waals surface area (Å²) in [5.41, 5.74) is 7.17. The van der Waals surface area contributed by atoms with Crippen LogP contribution in [0.25, 0.3) is 33.1 Å². The van der Waals surface area contributed by atoms with Gasteiger partial charge in [0.25, 0.3) is 16.9 Å². The van der Waals surface area contributed by atoms with Gasteiger partial charge in [0.15, 0.2) is 32.4 Å². The summed E-state index contributed by atoms with van der Waals surface area (Å²) in [5, 5.41) is 61.2. The van der Waals surface area contributed by atoms with Crippen molar-refractivity contribution < 1.29 is 78.3 Å². The summed E-state index contributed by atoms with van der Waals surface area (Å²) in [5.74, 6) is -0.838. The maximum atomic E-state index is 11.0. The molecule has 0 saturated carbocycles. The van der Waals surface area contributed by atoms with E-state index in [2.05, 4.69) is 76.7 Å². The van der Waals surface area contributed by atoms with Crippen LogP contribution < -0.4 is 50.3 Å². The fraction of sp³-hybridized carbons (Fsp3) is 0.207. The number of fused-ring (bicyclic) bond motifs is 3. The van der Waals surface area contributed by atoms with Crippen molar-refractivity contribution in [1.82, 2.24) is 44.7 Å². The van der Waals surface area contributed by atoms with Crippen LogP contribution in [0, 0.1) is 30.3 Å². The third kappa shape index (κ3) is 13.9. The summed E-state index contributed by atoms with van der Waals surface area (Å²) in [6, 6.07) is 4.38. The van der Waals surface area contributed by atoms with Crippen molar-refractivity contribution in [3.8, 4) is 11.8 Å². The number of rotatable bonds is 8. The number of H-pyrrole nitrogens is 2. The summed E-state index contributed by atoms with van der Waals surface area (Å²) in [7, 11) is 9.02. The number of aliphatic carboxylic acids is 1. The van der Waals surface area contributed by atoms with E-state index in [-0.39, 0.29) is 55.5 Å². The summed E-state index contributed by atoms with van der Waals surface area (Å²) < 4.78 is 22.0. The second kappa shape index (κ2) is 23.7. The Labute approximate surface area is 367 Å². The fourth-order valence-corrected chi connectivity index (χ4v) is 4.32. The first-order chi connectivity index (χ1) is 27.3. The molecule has 0 aliphatic carbocycles. The summed E-state index contributed by atoms with van der Waals surface area (Å²) in [6.45, 7) is 0. The normalized spacial score (nSPS) is 10.7. The second-order valence-electron chi connectivity index (χ2n) is 10.2. The number of aromatic nitrogens is 9. The first-order valence-electron chi connectivity index (χ1n) is 15.0. The van der Waals surface area contributed by atoms with E-state index in [4.69, 9.17) is 25.4 Å². The number of pyridine rings is 3. The number of hydrogen-bond donors (Lipinski definition) is 5. The maximum absolute atomic E-state index is 11.0. The van der Waals surface area contributed by atoms with Crippen LogP contribution in [0.4, 0.5) is 17.1 Å². The van der Waals surface area contributed by atoms with Crippen LogP contribution in [-0.2, 0) is 28.4 Å². The Morgan fingerprint density at radius 1 is 0.814 bits per heavy atom. The van der Waals surface area contributed by atoms with Gasteiger partial charge in [0.1, 0.15) is 17.3 Å². The number of nitrogens with zero attached hydrogens (tertiary/aromatic N) is 10. The number of carboxylic acids is 1. The predicted octanol–water partition coefficient (Wildman–Crippen LogP) is 0.550. The minimum absolute atomic E-state index is 0. The molecule has 6 heterocycles. The number of nitrogens with one attached hydrogen (secondary N) is 2. The maximum Gasteiger partial charge on any atom is 1.00 e. The Morgan fingerprint density at radius 2 is 1.29 bits per heavy atom. The zero-order valence-corrected chi connectivity index (χ0v) is 36.8. The number of aliphatic hydroxyl groups excluding tert-OH is 1. The van der Waals surface area contributed by atoms with Gasteiger partial charge in [-0.1, -0.05) is 0 Å². The van der Waals surface area contributed by atoms with Crippen molar-refractivity contribution in [1.29, 1.82) is 0 Å². The molecule has 27 nitrogen and oxygen atoms in total. The number of aromatic amines is 2. The van der Waals surface area contributed by atoms with Crippen LogP contribution in [-0.4, -0.2) is 104 Å². The topological polar surface area (TPSA) is 373 Å². The Hall–Kier alpha value is -6.43. The SMILES string of the molecule is CO/C(Br)=C(\Br)C(=O)O.COC(=CO)[N+](=O)[O-].COc1nn(C)c2ncc(N)cc12.COc1nn(C)c2ncc([N+](=O)[O-])cc12.O=c1[nH][nH]c2ncc([N+](=O)[O-])cc12.[Na+]. The van der Waals surface area contributed by atoms with Crippen LogP contribution in [0.15, 0.2) is 62.9 Å². The molecular weight excluding hydrogens is 937 g/mol. The molecule has 0 fully saturated rings. The number of nitrogens with two attached hydrogens (primary N) is 1. The van der Waals surface area contributed by atoms with E-state index < -0.39 is 32.2 Å². The standard InChI is InChI=1S/C8H8N4O3.C8H10N4O.C6H4N4O3.C4H4Br2O3.C3H5NO4.Na/c1-11-7-6(8(10-11)15-2)3-5(4-9-7)12(13)14;1-12-7-6(8(11-12)13-2)3-5(9)4-10-7;11-6-4-1-3(10(12)13)2-7-5(4)8-9-6;1-9-3(6)2(5)4(7)8;1-8-3(2-5)4(6)7;/h3-4H,1-2H3;3-4H,9H2,1-2H3;1-2H,(H2,7,8,9,11);1H3,(H,7,8);2,5H,1H3;/q;;;;;+1/b;;;3-2-;;. The van der Waals surface area contributed by atoms with Crippen molar-refractivity contribution in [2.45, 2.75) is 0 Å². The molecule has 0 saturated heterocycles. The molecule has 0 unspecified atom stereocenters. The number of carbonyl (C=O) groups is 1. The van der Waals surface area contributed by atoms with Crippen molar-refractivity contribution >= 4 is 88.0 Å². The van der Waals surface area contributed by atoms with Crippen LogP contribution >= 0.6 is 31.9 Å². The quantitative estimate of drug-likeness (QED) is 0.0457. The number of anilines is 1. The molecule has 0 amide bonds. The summed E-state index contributed by atoms with van der Waals surface area (Å²) >= 11 is 5.65. The van der Waals surface area contributed by atoms with E-state index in [1.165, 1.54) is 37.2 Å². The van der Waals surface area contributed by atoms with E-state index in [9.17, 15) is 39.9 Å². The van der Waals surface area contributed by atoms with Crippen molar-refractivity contribution in [3.63, 3.8) is 0 Å². The minimum atomic E-state index is -1.07. The Kier molecular flexibility index (Phi) is 20.3. The summed E-state index contributed by atoms with van der Waals surface area (Å²) in [4.78, 5) is 61.4. The minimum Gasteiger partial charge on any atom is -0.506 e. The number of methoxy groups -OCH3 is 4. The van der Waals surface area contributed by atoms with Crippen molar-refractivity contribution in [2.24, 2.45) is 14.1 Å². The zero-order valence-electron chi connectivity index (χ0n) is 31.6. The van der Waals surface area contributed by atoms with Crippen LogP contribution in [0.1, 0.15) is 0 Å². The van der Waals surface area contributed by atoms with E-state index in [0.29, 0.717) is 40.4 Å². The molecular formula is C29H31Br2N13NaO14+. The number of ether oxygens (including phenoxy) is 4. The molecule has 6 N–H and O–H groups in total. The molecule has 6 aromatic rings. The molecule has 0 atom stereocenters. The van der Waals surface area contributed by atoms with Crippen LogP contribution in [0.2, 0.25) is 0 Å². The second-order valence-corrected chi connectivity index (χ2v) is 11.7. The molecule has 0 aliphatic heterocycles. The van der Waals surface area contributed by atoms with Gasteiger partial charge in [-0.05, 0) is 37.9 Å². The number of nitrogen functional groups attached to an aromatic ring is 1. The van der Waals surface area contributed by atoms with Gasteiger partial charge >= 0.3 is 41.4 Å². The number of aryl methyl sites for hydroxylation is 2. The van der Waals surface area contributed by atoms with Crippen molar-refractivity contribution in [2.75, 3.05) is 34.2 Å². The van der Waals surface area contributed by atoms with Gasteiger partial charge in [-0.25, -0.2) is 29.1 Å². The molecule has 0 spiro atoms. The van der Waals surface area contributed by atoms with Gasteiger partial charge in [0.2, 0.25) is 11.8 Å². The van der Waals surface area contributed by atoms with Gasteiger partial charge < -0.3 is 34.9 Å². The number of aliphatic hydroxyl groups is 1. The van der Waals surface area contributed by atoms with E-state index in [1.54, 1.807) is 31.1 Å². The number of carboxylic acid groups (broad SMARTS) is 1. The monoisotopic (exact) mass is 966 g/mol. The largest absolute Gasteiger partial charge is 1.00 e. The smallest absolute Gasteiger partial charge is 0.506 e. The Morgan fingerprint density at radius 3 is 1.68 bits per heavy atom. The van der Waals surface area contributed by atoms with E-state index >= 15 is 0 Å². The van der Waals surface area contributed by atoms with Gasteiger partial charge in [-0.2, -0.15) is 0 Å². The Bertz CT molecular complexity index is 2550. The fourth-order valence-electron chi connectivity index (χ4n) is 3.98. The van der Waals surface area contributed by atoms with Crippen LogP contribution in [0.3, 0.4) is 0 Å². The predicted molar refractivity (Wildman–Crippen MR) is 209 cm³/mol.